The van der Waals surface area contributed by atoms with Crippen LogP contribution in [0.1, 0.15) is 67.5 Å². The Labute approximate surface area is 275 Å². The fourth-order valence-corrected chi connectivity index (χ4v) is 5.70. The Morgan fingerprint density at radius 3 is 2.36 bits per heavy atom. The zero-order valence-corrected chi connectivity index (χ0v) is 28.5. The number of halogens is 1. The number of H-pyrrole nitrogens is 1. The van der Waals surface area contributed by atoms with Gasteiger partial charge in [-0.2, -0.15) is 0 Å². The molecule has 0 saturated carbocycles. The Morgan fingerprint density at radius 1 is 1.04 bits per heavy atom. The third-order valence-electron chi connectivity index (χ3n) is 8.40. The summed E-state index contributed by atoms with van der Waals surface area (Å²) in [6.07, 6.45) is 0.515. The van der Waals surface area contributed by atoms with Gasteiger partial charge in [0.1, 0.15) is 18.0 Å². The van der Waals surface area contributed by atoms with Crippen LogP contribution >= 0.6 is 0 Å². The number of hydrogen-bond acceptors (Lipinski definition) is 8. The molecule has 2 aromatic rings. The molecule has 2 N–H and O–H groups in total. The summed E-state index contributed by atoms with van der Waals surface area (Å²) in [7, 11) is 0. The van der Waals surface area contributed by atoms with E-state index in [4.69, 9.17) is 9.47 Å². The molecule has 256 valence electrons. The van der Waals surface area contributed by atoms with Crippen molar-refractivity contribution in [2.45, 2.75) is 54.1 Å². The van der Waals surface area contributed by atoms with Crippen molar-refractivity contribution in [2.24, 2.45) is 0 Å². The van der Waals surface area contributed by atoms with Crippen molar-refractivity contribution >= 4 is 41.3 Å². The first-order valence-electron chi connectivity index (χ1n) is 16.2. The van der Waals surface area contributed by atoms with Gasteiger partial charge in [-0.25, -0.2) is 18.9 Å². The Bertz CT molecular complexity index is 1520. The number of nitrogens with one attached hydrogen (secondary N) is 2. The maximum atomic E-state index is 14.0. The fourth-order valence-electron chi connectivity index (χ4n) is 5.70. The SMILES string of the molecule is CCN(CC)CCN(C(=O)OCCN1CCN(C(=O)OC(C)(C)C)CC1)C(=O)c1c(C)[nH]c(C=C2C(=O)Nc3ccc(F)cc32)c1C. The highest BCUT2D eigenvalue weighted by molar-refractivity contribution is 6.35. The van der Waals surface area contributed by atoms with E-state index in [-0.39, 0.29) is 30.7 Å². The molecule has 47 heavy (non-hydrogen) atoms. The van der Waals surface area contributed by atoms with Crippen LogP contribution in [0.4, 0.5) is 19.7 Å². The molecule has 2 aliphatic rings. The Hall–Kier alpha value is -4.23. The Kier molecular flexibility index (Phi) is 11.5. The molecule has 0 bridgehead atoms. The van der Waals surface area contributed by atoms with E-state index in [0.717, 1.165) is 18.0 Å². The molecule has 3 heterocycles. The summed E-state index contributed by atoms with van der Waals surface area (Å²) in [5.74, 6) is -1.35. The molecule has 1 fully saturated rings. The number of aromatic nitrogens is 1. The highest BCUT2D eigenvalue weighted by Gasteiger charge is 2.31. The lowest BCUT2D eigenvalue weighted by Crippen LogP contribution is -2.50. The van der Waals surface area contributed by atoms with Gasteiger partial charge in [-0.1, -0.05) is 13.8 Å². The summed E-state index contributed by atoms with van der Waals surface area (Å²) in [5.41, 5.74) is 2.56. The molecule has 0 aliphatic carbocycles. The van der Waals surface area contributed by atoms with Crippen LogP contribution < -0.4 is 5.32 Å². The van der Waals surface area contributed by atoms with Crippen molar-refractivity contribution in [2.75, 3.05) is 70.8 Å². The monoisotopic (exact) mass is 654 g/mol. The molecule has 1 saturated heterocycles. The van der Waals surface area contributed by atoms with Crippen LogP contribution in [-0.2, 0) is 14.3 Å². The number of fused-ring (bicyclic) bond motifs is 1. The van der Waals surface area contributed by atoms with Crippen LogP contribution in [0.2, 0.25) is 0 Å². The smallest absolute Gasteiger partial charge is 0.416 e. The van der Waals surface area contributed by atoms with Crippen molar-refractivity contribution in [3.63, 3.8) is 0 Å². The van der Waals surface area contributed by atoms with Crippen molar-refractivity contribution in [1.29, 1.82) is 0 Å². The van der Waals surface area contributed by atoms with Crippen molar-refractivity contribution in [3.05, 3.63) is 52.1 Å². The van der Waals surface area contributed by atoms with Crippen molar-refractivity contribution in [3.8, 4) is 0 Å². The molecule has 0 spiro atoms. The third kappa shape index (κ3) is 8.77. The van der Waals surface area contributed by atoms with Gasteiger partial charge < -0.3 is 29.6 Å². The van der Waals surface area contributed by atoms with E-state index in [1.807, 2.05) is 34.6 Å². The zero-order chi connectivity index (χ0) is 34.5. The van der Waals surface area contributed by atoms with Gasteiger partial charge in [0.25, 0.3) is 11.8 Å². The number of benzene rings is 1. The van der Waals surface area contributed by atoms with Gasteiger partial charge in [-0.05, 0) is 77.5 Å². The fraction of sp³-hybridized carbons (Fsp3) is 0.529. The molecule has 0 unspecified atom stereocenters. The molecule has 1 aromatic heterocycles. The van der Waals surface area contributed by atoms with Gasteiger partial charge in [0.05, 0.1) is 11.1 Å². The number of imide groups is 1. The third-order valence-corrected chi connectivity index (χ3v) is 8.40. The van der Waals surface area contributed by atoms with Gasteiger partial charge in [-0.15, -0.1) is 0 Å². The molecule has 0 atom stereocenters. The minimum atomic E-state index is -0.742. The molecular formula is C34H47FN6O6. The number of amides is 4. The van der Waals surface area contributed by atoms with E-state index in [1.54, 1.807) is 24.8 Å². The largest absolute Gasteiger partial charge is 0.448 e. The van der Waals surface area contributed by atoms with E-state index in [1.165, 1.54) is 18.2 Å². The quantitative estimate of drug-likeness (QED) is 0.352. The average Bonchev–Trinajstić information content (AvgIpc) is 3.47. The maximum Gasteiger partial charge on any atom is 0.416 e. The number of piperazine rings is 1. The number of aryl methyl sites for hydroxylation is 1. The molecule has 4 rings (SSSR count). The summed E-state index contributed by atoms with van der Waals surface area (Å²) in [6, 6.07) is 4.08. The molecule has 0 radical (unpaired) electrons. The summed E-state index contributed by atoms with van der Waals surface area (Å²) < 4.78 is 25.1. The number of ether oxygens (including phenoxy) is 2. The van der Waals surface area contributed by atoms with Gasteiger partial charge in [0, 0.05) is 68.5 Å². The Balaban J connectivity index is 1.45. The second kappa shape index (κ2) is 15.1. The first-order valence-corrected chi connectivity index (χ1v) is 16.2. The number of rotatable bonds is 10. The number of carbonyl (C=O) groups is 4. The highest BCUT2D eigenvalue weighted by Crippen LogP contribution is 2.34. The van der Waals surface area contributed by atoms with Crippen LogP contribution in [0, 0.1) is 19.7 Å². The second-order valence-electron chi connectivity index (χ2n) is 12.8. The minimum absolute atomic E-state index is 0.0772. The summed E-state index contributed by atoms with van der Waals surface area (Å²) in [6.45, 7) is 17.9. The lowest BCUT2D eigenvalue weighted by Gasteiger charge is -2.35. The van der Waals surface area contributed by atoms with E-state index in [2.05, 4.69) is 20.1 Å². The van der Waals surface area contributed by atoms with Crippen LogP contribution in [0.25, 0.3) is 11.6 Å². The van der Waals surface area contributed by atoms with Gasteiger partial charge >= 0.3 is 12.2 Å². The predicted octanol–water partition coefficient (Wildman–Crippen LogP) is 4.74. The van der Waals surface area contributed by atoms with Crippen LogP contribution in [0.3, 0.4) is 0 Å². The summed E-state index contributed by atoms with van der Waals surface area (Å²) in [4.78, 5) is 62.7. The van der Waals surface area contributed by atoms with Crippen LogP contribution in [0.5, 0.6) is 0 Å². The number of anilines is 1. The molecule has 12 nitrogen and oxygen atoms in total. The lowest BCUT2D eigenvalue weighted by molar-refractivity contribution is -0.110. The van der Waals surface area contributed by atoms with Gasteiger partial charge in [0.15, 0.2) is 0 Å². The van der Waals surface area contributed by atoms with Crippen molar-refractivity contribution < 1.29 is 33.0 Å². The molecule has 2 aliphatic heterocycles. The van der Waals surface area contributed by atoms with Crippen LogP contribution in [0.15, 0.2) is 18.2 Å². The molecular weight excluding hydrogens is 607 g/mol. The van der Waals surface area contributed by atoms with Crippen LogP contribution in [-0.4, -0.2) is 120 Å². The van der Waals surface area contributed by atoms with Gasteiger partial charge in [0.2, 0.25) is 0 Å². The number of likely N-dealkylation sites (N-methyl/N-ethyl adjacent to an activating group) is 1. The Morgan fingerprint density at radius 2 is 1.72 bits per heavy atom. The number of carbonyl (C=O) groups excluding carboxylic acids is 4. The maximum absolute atomic E-state index is 14.0. The van der Waals surface area contributed by atoms with E-state index in [9.17, 15) is 23.6 Å². The topological polar surface area (TPSA) is 128 Å². The first kappa shape index (κ1) is 35.6. The van der Waals surface area contributed by atoms with Gasteiger partial charge in [-0.3, -0.25) is 14.5 Å². The zero-order valence-electron chi connectivity index (χ0n) is 28.5. The lowest BCUT2D eigenvalue weighted by atomic mass is 10.0. The van der Waals surface area contributed by atoms with E-state index in [0.29, 0.717) is 73.0 Å². The molecule has 1 aromatic carbocycles. The number of aromatic amines is 1. The van der Waals surface area contributed by atoms with Crippen molar-refractivity contribution in [1.82, 2.24) is 24.6 Å². The number of hydrogen-bond donors (Lipinski definition) is 2. The average molecular weight is 655 g/mol. The van der Waals surface area contributed by atoms with E-state index < -0.39 is 23.4 Å². The second-order valence-corrected chi connectivity index (χ2v) is 12.8. The molecule has 4 amide bonds. The summed E-state index contributed by atoms with van der Waals surface area (Å²) in [5, 5.41) is 2.73. The standard InChI is InChI=1S/C34H47FN6O6/c1-8-38(9-2)14-17-41(33(45)46-19-18-39-12-15-40(16-13-39)32(44)47-34(5,6)7)31(43)29-22(3)28(36-23(29)4)21-26-25-20-24(35)10-11-27(25)37-30(26)42/h10-11,20-21,36H,8-9,12-19H2,1-7H3,(H,37,42). The highest BCUT2D eigenvalue weighted by atomic mass is 19.1. The minimum Gasteiger partial charge on any atom is -0.448 e. The first-order chi connectivity index (χ1) is 22.2. The predicted molar refractivity (Wildman–Crippen MR) is 178 cm³/mol. The molecule has 13 heteroatoms. The van der Waals surface area contributed by atoms with E-state index >= 15 is 0 Å². The normalized spacial score (nSPS) is 16.0. The summed E-state index contributed by atoms with van der Waals surface area (Å²) >= 11 is 0. The number of nitrogens with zero attached hydrogens (tertiary/aromatic N) is 4.